The lowest BCUT2D eigenvalue weighted by Crippen LogP contribution is -2.67. The molecule has 6 nitrogen and oxygen atoms in total. The van der Waals surface area contributed by atoms with Gasteiger partial charge < -0.3 is 14.5 Å². The van der Waals surface area contributed by atoms with E-state index in [0.717, 1.165) is 32.1 Å². The number of amides is 2. The van der Waals surface area contributed by atoms with E-state index in [1.54, 1.807) is 13.8 Å². The SMILES string of the molecule is CCC[C@@H](C(=O)OCC)N1C(=O)[C@@H]2C[C@@H]3CCCC[C@@H]3N2C(=O)[C@@H]1C. The molecule has 0 aromatic rings. The largest absolute Gasteiger partial charge is 0.464 e. The van der Waals surface area contributed by atoms with Crippen LogP contribution in [-0.4, -0.2) is 58.4 Å². The summed E-state index contributed by atoms with van der Waals surface area (Å²) in [6.45, 7) is 5.78. The minimum absolute atomic E-state index is 0.00408. The molecule has 0 N–H and O–H groups in total. The van der Waals surface area contributed by atoms with Gasteiger partial charge >= 0.3 is 5.97 Å². The minimum Gasteiger partial charge on any atom is -0.464 e. The second-order valence-corrected chi connectivity index (χ2v) is 7.59. The van der Waals surface area contributed by atoms with Crippen molar-refractivity contribution in [3.8, 4) is 0 Å². The van der Waals surface area contributed by atoms with Gasteiger partial charge in [0.1, 0.15) is 18.1 Å². The fourth-order valence-electron chi connectivity index (χ4n) is 5.00. The van der Waals surface area contributed by atoms with Crippen molar-refractivity contribution in [3.05, 3.63) is 0 Å². The summed E-state index contributed by atoms with van der Waals surface area (Å²) in [5.41, 5.74) is 0. The predicted molar refractivity (Wildman–Crippen MR) is 92.6 cm³/mol. The monoisotopic (exact) mass is 350 g/mol. The van der Waals surface area contributed by atoms with E-state index in [4.69, 9.17) is 4.74 Å². The van der Waals surface area contributed by atoms with Gasteiger partial charge in [-0.15, -0.1) is 0 Å². The van der Waals surface area contributed by atoms with Gasteiger partial charge in [0, 0.05) is 6.04 Å². The number of esters is 1. The number of carbonyl (C=O) groups excluding carboxylic acids is 3. The molecule has 6 heteroatoms. The zero-order valence-electron chi connectivity index (χ0n) is 15.6. The van der Waals surface area contributed by atoms with E-state index in [2.05, 4.69) is 0 Å². The van der Waals surface area contributed by atoms with Crippen LogP contribution in [0.2, 0.25) is 0 Å². The van der Waals surface area contributed by atoms with E-state index >= 15 is 0 Å². The molecule has 2 aliphatic heterocycles. The molecular weight excluding hydrogens is 320 g/mol. The topological polar surface area (TPSA) is 66.9 Å². The third-order valence-electron chi connectivity index (χ3n) is 6.11. The zero-order chi connectivity index (χ0) is 18.1. The van der Waals surface area contributed by atoms with Crippen molar-refractivity contribution in [2.24, 2.45) is 5.92 Å². The molecule has 1 aliphatic carbocycles. The van der Waals surface area contributed by atoms with Crippen molar-refractivity contribution in [3.63, 3.8) is 0 Å². The fraction of sp³-hybridized carbons (Fsp3) is 0.842. The Kier molecular flexibility index (Phi) is 5.35. The molecule has 5 atom stereocenters. The summed E-state index contributed by atoms with van der Waals surface area (Å²) in [5, 5.41) is 0. The van der Waals surface area contributed by atoms with Crippen molar-refractivity contribution in [1.29, 1.82) is 0 Å². The number of hydrogen-bond donors (Lipinski definition) is 0. The lowest BCUT2D eigenvalue weighted by atomic mass is 9.85. The van der Waals surface area contributed by atoms with Crippen molar-refractivity contribution < 1.29 is 19.1 Å². The molecule has 0 unspecified atom stereocenters. The molecule has 0 aromatic carbocycles. The fourth-order valence-corrected chi connectivity index (χ4v) is 5.00. The van der Waals surface area contributed by atoms with Gasteiger partial charge in [0.2, 0.25) is 11.8 Å². The quantitative estimate of drug-likeness (QED) is 0.712. The molecule has 0 radical (unpaired) electrons. The summed E-state index contributed by atoms with van der Waals surface area (Å²) in [6.07, 6.45) is 6.46. The maximum atomic E-state index is 13.3. The summed E-state index contributed by atoms with van der Waals surface area (Å²) < 4.78 is 5.19. The van der Waals surface area contributed by atoms with E-state index in [9.17, 15) is 14.4 Å². The normalized spacial score (nSPS) is 33.1. The number of piperazine rings is 1. The Bertz CT molecular complexity index is 550. The van der Waals surface area contributed by atoms with Crippen LogP contribution >= 0.6 is 0 Å². The van der Waals surface area contributed by atoms with Crippen LogP contribution < -0.4 is 0 Å². The van der Waals surface area contributed by atoms with Gasteiger partial charge in [-0.1, -0.05) is 26.2 Å². The second-order valence-electron chi connectivity index (χ2n) is 7.59. The maximum absolute atomic E-state index is 13.3. The van der Waals surface area contributed by atoms with E-state index < -0.39 is 12.1 Å². The lowest BCUT2D eigenvalue weighted by molar-refractivity contribution is -0.170. The van der Waals surface area contributed by atoms with Crippen LogP contribution in [-0.2, 0) is 19.1 Å². The molecule has 1 saturated carbocycles. The van der Waals surface area contributed by atoms with Gasteiger partial charge in [0.25, 0.3) is 0 Å². The highest BCUT2D eigenvalue weighted by Gasteiger charge is 2.55. The number of carbonyl (C=O) groups is 3. The predicted octanol–water partition coefficient (Wildman–Crippen LogP) is 2.11. The first-order valence-corrected chi connectivity index (χ1v) is 9.82. The molecule has 3 aliphatic rings. The van der Waals surface area contributed by atoms with Crippen LogP contribution in [0.1, 0.15) is 65.7 Å². The van der Waals surface area contributed by atoms with Gasteiger partial charge in [0.15, 0.2) is 0 Å². The molecule has 3 rings (SSSR count). The summed E-state index contributed by atoms with van der Waals surface area (Å²) in [5.74, 6) is -0.00960. The van der Waals surface area contributed by atoms with Crippen LogP contribution in [0.5, 0.6) is 0 Å². The van der Waals surface area contributed by atoms with E-state index in [-0.39, 0.29) is 36.5 Å². The molecule has 0 aromatic heterocycles. The summed E-state index contributed by atoms with van der Waals surface area (Å²) in [4.78, 5) is 42.2. The summed E-state index contributed by atoms with van der Waals surface area (Å²) in [7, 11) is 0. The molecule has 3 fully saturated rings. The van der Waals surface area contributed by atoms with Gasteiger partial charge in [-0.25, -0.2) is 4.79 Å². The average molecular weight is 350 g/mol. The van der Waals surface area contributed by atoms with E-state index in [0.29, 0.717) is 12.3 Å². The Hall–Kier alpha value is -1.59. The Morgan fingerprint density at radius 2 is 1.92 bits per heavy atom. The smallest absolute Gasteiger partial charge is 0.328 e. The second kappa shape index (κ2) is 7.34. The zero-order valence-corrected chi connectivity index (χ0v) is 15.6. The number of rotatable bonds is 5. The molecule has 2 amide bonds. The molecule has 25 heavy (non-hydrogen) atoms. The van der Waals surface area contributed by atoms with Crippen LogP contribution in [0.3, 0.4) is 0 Å². The van der Waals surface area contributed by atoms with Crippen molar-refractivity contribution in [2.45, 2.75) is 89.9 Å². The molecular formula is C19H30N2O4. The number of hydrogen-bond acceptors (Lipinski definition) is 4. The highest BCUT2D eigenvalue weighted by molar-refractivity contribution is 5.99. The van der Waals surface area contributed by atoms with Crippen LogP contribution in [0, 0.1) is 5.92 Å². The lowest BCUT2D eigenvalue weighted by Gasteiger charge is -2.45. The highest BCUT2D eigenvalue weighted by atomic mass is 16.5. The van der Waals surface area contributed by atoms with E-state index in [1.165, 1.54) is 11.3 Å². The van der Waals surface area contributed by atoms with Crippen LogP contribution in [0.4, 0.5) is 0 Å². The van der Waals surface area contributed by atoms with Gasteiger partial charge in [-0.2, -0.15) is 0 Å². The maximum Gasteiger partial charge on any atom is 0.328 e. The first-order valence-electron chi connectivity index (χ1n) is 9.82. The molecule has 2 saturated heterocycles. The molecule has 140 valence electrons. The standard InChI is InChI=1S/C19H30N2O4/c1-4-8-15(19(24)25-5-2)20-12(3)17(22)21-14-10-7-6-9-13(14)11-16(21)18(20)23/h12-16H,4-11H2,1-3H3/t12-,13-,14-,15-,16-/m0/s1. The number of fused-ring (bicyclic) bond motifs is 3. The highest BCUT2D eigenvalue weighted by Crippen LogP contribution is 2.43. The number of nitrogens with zero attached hydrogens (tertiary/aromatic N) is 2. The summed E-state index contributed by atoms with van der Waals surface area (Å²) >= 11 is 0. The molecule has 2 heterocycles. The third kappa shape index (κ3) is 3.04. The minimum atomic E-state index is -0.652. The summed E-state index contributed by atoms with van der Waals surface area (Å²) in [6, 6.07) is -1.41. The van der Waals surface area contributed by atoms with Gasteiger partial charge in [-0.05, 0) is 45.4 Å². The van der Waals surface area contributed by atoms with Crippen molar-refractivity contribution >= 4 is 17.8 Å². The molecule has 0 bridgehead atoms. The first-order chi connectivity index (χ1) is 12.0. The van der Waals surface area contributed by atoms with E-state index in [1.807, 2.05) is 11.8 Å². The first kappa shape index (κ1) is 18.2. The Labute approximate surface area is 149 Å². The Morgan fingerprint density at radius 1 is 1.20 bits per heavy atom. The molecule has 0 spiro atoms. The third-order valence-corrected chi connectivity index (χ3v) is 6.11. The Morgan fingerprint density at radius 3 is 2.60 bits per heavy atom. The van der Waals surface area contributed by atoms with Crippen LogP contribution in [0.15, 0.2) is 0 Å². The Balaban J connectivity index is 1.88. The number of ether oxygens (including phenoxy) is 1. The van der Waals surface area contributed by atoms with Gasteiger partial charge in [0.05, 0.1) is 6.61 Å². The van der Waals surface area contributed by atoms with Crippen molar-refractivity contribution in [2.75, 3.05) is 6.61 Å². The average Bonchev–Trinajstić information content (AvgIpc) is 2.99. The van der Waals surface area contributed by atoms with Gasteiger partial charge in [-0.3, -0.25) is 9.59 Å². The van der Waals surface area contributed by atoms with Crippen LogP contribution in [0.25, 0.3) is 0 Å². The van der Waals surface area contributed by atoms with Crippen molar-refractivity contribution in [1.82, 2.24) is 9.80 Å².